The second-order valence-electron chi connectivity index (χ2n) is 6.88. The molecule has 0 radical (unpaired) electrons. The summed E-state index contributed by atoms with van der Waals surface area (Å²) in [5.41, 5.74) is 1.89. The fourth-order valence-electron chi connectivity index (χ4n) is 3.90. The number of nitrogens with zero attached hydrogens (tertiary/aromatic N) is 4. The van der Waals surface area contributed by atoms with E-state index >= 15 is 0 Å². The van der Waals surface area contributed by atoms with Gasteiger partial charge in [0.1, 0.15) is 6.07 Å². The van der Waals surface area contributed by atoms with E-state index in [0.29, 0.717) is 0 Å². The molecule has 4 heteroatoms. The number of piperidine rings is 1. The molecule has 1 unspecified atom stereocenters. The van der Waals surface area contributed by atoms with E-state index in [4.69, 9.17) is 0 Å². The minimum absolute atomic E-state index is 0.779. The number of benzene rings is 1. The molecule has 2 fully saturated rings. The van der Waals surface area contributed by atoms with Crippen LogP contribution in [0.1, 0.15) is 31.2 Å². The molecule has 1 aromatic carbocycles. The van der Waals surface area contributed by atoms with E-state index in [0.717, 1.165) is 43.5 Å². The molecule has 0 bridgehead atoms. The molecule has 4 nitrogen and oxygen atoms in total. The molecule has 0 N–H and O–H groups in total. The third-order valence-electron chi connectivity index (χ3n) is 5.44. The van der Waals surface area contributed by atoms with Gasteiger partial charge in [-0.3, -0.25) is 4.90 Å². The second-order valence-corrected chi connectivity index (χ2v) is 6.88. The number of piperazine rings is 1. The molecule has 2 aliphatic rings. The summed E-state index contributed by atoms with van der Waals surface area (Å²) in [4.78, 5) is 7.50. The van der Waals surface area contributed by atoms with Gasteiger partial charge in [-0.25, -0.2) is 0 Å². The fourth-order valence-corrected chi connectivity index (χ4v) is 3.90. The number of rotatable bonds is 4. The molecule has 2 aliphatic heterocycles. The standard InChI is InChI=1S/C19H28N4/c1-21-10-5-4-7-18(21)9-11-22-12-14-23(15-13-22)19-8-3-2-6-17(19)16-20/h2-3,6,8,18H,4-5,7,9-15H2,1H3. The lowest BCUT2D eigenvalue weighted by molar-refractivity contribution is 0.151. The van der Waals surface area contributed by atoms with Crippen molar-refractivity contribution in [3.05, 3.63) is 29.8 Å². The van der Waals surface area contributed by atoms with Crippen molar-refractivity contribution in [2.75, 3.05) is 51.2 Å². The number of likely N-dealkylation sites (tertiary alicyclic amines) is 1. The van der Waals surface area contributed by atoms with E-state index in [1.165, 1.54) is 38.8 Å². The van der Waals surface area contributed by atoms with Crippen LogP contribution in [0.5, 0.6) is 0 Å². The average Bonchev–Trinajstić information content (AvgIpc) is 2.61. The zero-order valence-electron chi connectivity index (χ0n) is 14.2. The average molecular weight is 312 g/mol. The maximum absolute atomic E-state index is 9.26. The molecular weight excluding hydrogens is 284 g/mol. The molecule has 0 amide bonds. The third kappa shape index (κ3) is 4.04. The minimum Gasteiger partial charge on any atom is -0.368 e. The summed E-state index contributed by atoms with van der Waals surface area (Å²) in [6, 6.07) is 11.1. The summed E-state index contributed by atoms with van der Waals surface area (Å²) >= 11 is 0. The molecule has 3 rings (SSSR count). The van der Waals surface area contributed by atoms with Crippen LogP contribution in [0.3, 0.4) is 0 Å². The first-order chi connectivity index (χ1) is 11.3. The SMILES string of the molecule is CN1CCCCC1CCN1CCN(c2ccccc2C#N)CC1. The van der Waals surface area contributed by atoms with Crippen LogP contribution < -0.4 is 4.90 Å². The second kappa shape index (κ2) is 7.81. The first-order valence-electron chi connectivity index (χ1n) is 8.94. The van der Waals surface area contributed by atoms with Crippen molar-refractivity contribution in [3.8, 4) is 6.07 Å². The van der Waals surface area contributed by atoms with E-state index in [1.807, 2.05) is 18.2 Å². The van der Waals surface area contributed by atoms with Crippen LogP contribution in [-0.2, 0) is 0 Å². The summed E-state index contributed by atoms with van der Waals surface area (Å²) in [7, 11) is 2.28. The Bertz CT molecular complexity index is 543. The van der Waals surface area contributed by atoms with Gasteiger partial charge in [-0.05, 0) is 51.5 Å². The van der Waals surface area contributed by atoms with E-state index < -0.39 is 0 Å². The quantitative estimate of drug-likeness (QED) is 0.855. The summed E-state index contributed by atoms with van der Waals surface area (Å²) in [6.07, 6.45) is 5.43. The Balaban J connectivity index is 1.48. The lowest BCUT2D eigenvalue weighted by atomic mass is 10.00. The van der Waals surface area contributed by atoms with Crippen LogP contribution in [0.15, 0.2) is 24.3 Å². The summed E-state index contributed by atoms with van der Waals surface area (Å²) in [6.45, 7) is 6.75. The van der Waals surface area contributed by atoms with Crippen molar-refractivity contribution in [3.63, 3.8) is 0 Å². The largest absolute Gasteiger partial charge is 0.368 e. The van der Waals surface area contributed by atoms with Crippen molar-refractivity contribution in [2.45, 2.75) is 31.7 Å². The Kier molecular flexibility index (Phi) is 5.53. The van der Waals surface area contributed by atoms with Gasteiger partial charge in [0.15, 0.2) is 0 Å². The van der Waals surface area contributed by atoms with Gasteiger partial charge in [0, 0.05) is 32.2 Å². The number of para-hydroxylation sites is 1. The number of hydrogen-bond donors (Lipinski definition) is 0. The van der Waals surface area contributed by atoms with Crippen molar-refractivity contribution in [1.29, 1.82) is 5.26 Å². The van der Waals surface area contributed by atoms with Crippen molar-refractivity contribution < 1.29 is 0 Å². The predicted molar refractivity (Wildman–Crippen MR) is 94.7 cm³/mol. The van der Waals surface area contributed by atoms with Gasteiger partial charge in [0.05, 0.1) is 11.3 Å². The first kappa shape index (κ1) is 16.3. The van der Waals surface area contributed by atoms with Crippen LogP contribution in [0.25, 0.3) is 0 Å². The minimum atomic E-state index is 0.779. The Morgan fingerprint density at radius 3 is 2.61 bits per heavy atom. The van der Waals surface area contributed by atoms with Gasteiger partial charge in [-0.1, -0.05) is 18.6 Å². The molecule has 0 spiro atoms. The molecule has 0 aliphatic carbocycles. The lowest BCUT2D eigenvalue weighted by Crippen LogP contribution is -2.48. The molecule has 2 heterocycles. The van der Waals surface area contributed by atoms with Crippen LogP contribution in [-0.4, -0.2) is 62.2 Å². The molecule has 0 aromatic heterocycles. The van der Waals surface area contributed by atoms with Gasteiger partial charge in [0.2, 0.25) is 0 Å². The number of anilines is 1. The van der Waals surface area contributed by atoms with Gasteiger partial charge < -0.3 is 9.80 Å². The third-order valence-corrected chi connectivity index (χ3v) is 5.44. The van der Waals surface area contributed by atoms with Gasteiger partial charge in [-0.15, -0.1) is 0 Å². The maximum Gasteiger partial charge on any atom is 0.101 e. The summed E-state index contributed by atoms with van der Waals surface area (Å²) < 4.78 is 0. The normalized spacial score (nSPS) is 23.7. The highest BCUT2D eigenvalue weighted by Gasteiger charge is 2.22. The molecule has 2 saturated heterocycles. The van der Waals surface area contributed by atoms with Crippen LogP contribution in [0.2, 0.25) is 0 Å². The Hall–Kier alpha value is -1.57. The molecule has 23 heavy (non-hydrogen) atoms. The Labute approximate surface area is 140 Å². The van der Waals surface area contributed by atoms with Crippen molar-refractivity contribution in [1.82, 2.24) is 9.80 Å². The van der Waals surface area contributed by atoms with Gasteiger partial charge in [-0.2, -0.15) is 5.26 Å². The highest BCUT2D eigenvalue weighted by molar-refractivity contribution is 5.59. The molecule has 1 aromatic rings. The summed E-state index contributed by atoms with van der Waals surface area (Å²) in [5, 5.41) is 9.26. The molecule has 0 saturated carbocycles. The lowest BCUT2D eigenvalue weighted by Gasteiger charge is -2.38. The predicted octanol–water partition coefficient (Wildman–Crippen LogP) is 2.55. The van der Waals surface area contributed by atoms with Crippen molar-refractivity contribution in [2.24, 2.45) is 0 Å². The van der Waals surface area contributed by atoms with Crippen LogP contribution in [0.4, 0.5) is 5.69 Å². The van der Waals surface area contributed by atoms with E-state index in [2.05, 4.69) is 33.9 Å². The fraction of sp³-hybridized carbons (Fsp3) is 0.632. The molecule has 1 atom stereocenters. The van der Waals surface area contributed by atoms with Crippen molar-refractivity contribution >= 4 is 5.69 Å². The van der Waals surface area contributed by atoms with E-state index in [1.54, 1.807) is 0 Å². The highest BCUT2D eigenvalue weighted by Crippen LogP contribution is 2.22. The Morgan fingerprint density at radius 1 is 1.09 bits per heavy atom. The van der Waals surface area contributed by atoms with E-state index in [-0.39, 0.29) is 0 Å². The molecule has 124 valence electrons. The summed E-state index contributed by atoms with van der Waals surface area (Å²) in [5.74, 6) is 0. The highest BCUT2D eigenvalue weighted by atomic mass is 15.3. The monoisotopic (exact) mass is 312 g/mol. The van der Waals surface area contributed by atoms with Crippen LogP contribution in [0, 0.1) is 11.3 Å². The topological polar surface area (TPSA) is 33.5 Å². The zero-order chi connectivity index (χ0) is 16.1. The van der Waals surface area contributed by atoms with Gasteiger partial charge in [0.25, 0.3) is 0 Å². The van der Waals surface area contributed by atoms with Gasteiger partial charge >= 0.3 is 0 Å². The zero-order valence-corrected chi connectivity index (χ0v) is 14.2. The first-order valence-corrected chi connectivity index (χ1v) is 8.94. The number of nitriles is 1. The maximum atomic E-state index is 9.26. The van der Waals surface area contributed by atoms with Crippen LogP contribution >= 0.6 is 0 Å². The Morgan fingerprint density at radius 2 is 1.87 bits per heavy atom. The van der Waals surface area contributed by atoms with E-state index in [9.17, 15) is 5.26 Å². The smallest absolute Gasteiger partial charge is 0.101 e. The molecular formula is C19H28N4. The number of hydrogen-bond acceptors (Lipinski definition) is 4.